The quantitative estimate of drug-likeness (QED) is 0.172. The van der Waals surface area contributed by atoms with Crippen LogP contribution in [-0.2, 0) is 20.1 Å². The molecule has 0 unspecified atom stereocenters. The second-order valence-corrected chi connectivity index (χ2v) is 17.5. The van der Waals surface area contributed by atoms with Crippen LogP contribution in [-0.4, -0.2) is 23.2 Å². The van der Waals surface area contributed by atoms with E-state index < -0.39 is 13.3 Å². The number of rotatable bonds is 2. The summed E-state index contributed by atoms with van der Waals surface area (Å²) in [6.07, 6.45) is 3.65. The van der Waals surface area contributed by atoms with Crippen LogP contribution in [0.5, 0.6) is 0 Å². The molecule has 0 saturated heterocycles. The summed E-state index contributed by atoms with van der Waals surface area (Å²) in [7, 11) is 0. The second kappa shape index (κ2) is 10.6. The smallest absolute Gasteiger partial charge is 0.0160 e. The van der Waals surface area contributed by atoms with Crippen molar-refractivity contribution in [3.05, 3.63) is 122 Å². The van der Waals surface area contributed by atoms with Crippen molar-refractivity contribution in [2.24, 2.45) is 0 Å². The Bertz CT molecular complexity index is 1330. The fourth-order valence-corrected chi connectivity index (χ4v) is 11.7. The number of hydrogen-bond acceptors (Lipinski definition) is 2. The number of aromatic nitrogens is 2. The molecule has 0 aliphatic carbocycles. The van der Waals surface area contributed by atoms with E-state index in [1.807, 2.05) is 60.8 Å². The van der Waals surface area contributed by atoms with Gasteiger partial charge in [0.2, 0.25) is 0 Å². The summed E-state index contributed by atoms with van der Waals surface area (Å²) >= 11 is -2.26. The van der Waals surface area contributed by atoms with Crippen LogP contribution in [0.4, 0.5) is 0 Å². The Hall–Kier alpha value is -2.85. The molecule has 0 bridgehead atoms. The first-order valence-electron chi connectivity index (χ1n) is 11.1. The summed E-state index contributed by atoms with van der Waals surface area (Å²) in [6, 6.07) is 39.5. The van der Waals surface area contributed by atoms with Crippen molar-refractivity contribution < 1.29 is 20.1 Å². The van der Waals surface area contributed by atoms with Crippen LogP contribution in [0.15, 0.2) is 109 Å². The SMILES string of the molecule is [CH3][Ge]1([CH3])[c]2ccccc2-c2cc[c-]c(-c3ccccn3)[c]21.[Ir].[c-]1ccccc1-c1ccccn1. The van der Waals surface area contributed by atoms with Crippen LogP contribution in [0.3, 0.4) is 0 Å². The molecule has 0 spiro atoms. The molecule has 2 nitrogen and oxygen atoms in total. The minimum Gasteiger partial charge on any atom is -0.305 e. The zero-order valence-electron chi connectivity index (χ0n) is 19.1. The minimum absolute atomic E-state index is 0. The number of benzene rings is 3. The maximum Gasteiger partial charge on any atom is 0.0160 e. The van der Waals surface area contributed by atoms with E-state index in [1.54, 1.807) is 10.6 Å². The van der Waals surface area contributed by atoms with Crippen LogP contribution in [0.25, 0.3) is 33.6 Å². The van der Waals surface area contributed by atoms with Crippen LogP contribution in [0, 0.1) is 12.1 Å². The largest absolute Gasteiger partial charge is 0.305 e. The van der Waals surface area contributed by atoms with Crippen LogP contribution >= 0.6 is 0 Å². The van der Waals surface area contributed by atoms with Gasteiger partial charge >= 0.3 is 128 Å². The molecule has 0 atom stereocenters. The first-order chi connectivity index (χ1) is 16.2. The van der Waals surface area contributed by atoms with Crippen molar-refractivity contribution in [2.75, 3.05) is 0 Å². The number of hydrogen-bond donors (Lipinski definition) is 0. The molecule has 1 aliphatic heterocycles. The molecule has 5 aromatic rings. The summed E-state index contributed by atoms with van der Waals surface area (Å²) in [5, 5.41) is 0. The van der Waals surface area contributed by atoms with Gasteiger partial charge in [0.1, 0.15) is 0 Å². The van der Waals surface area contributed by atoms with Crippen molar-refractivity contribution >= 4 is 22.1 Å². The van der Waals surface area contributed by atoms with Crippen molar-refractivity contribution in [2.45, 2.75) is 11.5 Å². The van der Waals surface area contributed by atoms with Crippen molar-refractivity contribution in [1.82, 2.24) is 9.97 Å². The summed E-state index contributed by atoms with van der Waals surface area (Å²) in [5.74, 6) is 4.95. The third-order valence-electron chi connectivity index (χ3n) is 6.08. The molecule has 3 heterocycles. The van der Waals surface area contributed by atoms with Gasteiger partial charge in [-0.15, -0.1) is 35.9 Å². The molecule has 0 fully saturated rings. The predicted molar refractivity (Wildman–Crippen MR) is 139 cm³/mol. The third-order valence-corrected chi connectivity index (χ3v) is 13.5. The van der Waals surface area contributed by atoms with E-state index in [4.69, 9.17) is 0 Å². The summed E-state index contributed by atoms with van der Waals surface area (Å²) in [5.41, 5.74) is 7.07. The fourth-order valence-electron chi connectivity index (χ4n) is 4.56. The van der Waals surface area contributed by atoms with Gasteiger partial charge in [0.25, 0.3) is 0 Å². The van der Waals surface area contributed by atoms with Gasteiger partial charge in [-0.05, 0) is 11.8 Å². The van der Waals surface area contributed by atoms with Gasteiger partial charge in [-0.3, -0.25) is 0 Å². The van der Waals surface area contributed by atoms with Gasteiger partial charge in [0.15, 0.2) is 0 Å². The van der Waals surface area contributed by atoms with Gasteiger partial charge in [0, 0.05) is 26.3 Å². The molecular weight excluding hydrogens is 653 g/mol. The van der Waals surface area contributed by atoms with E-state index in [2.05, 4.69) is 76.1 Å². The van der Waals surface area contributed by atoms with Crippen molar-refractivity contribution in [3.63, 3.8) is 0 Å². The molecule has 3 aromatic carbocycles. The zero-order chi connectivity index (χ0) is 22.7. The molecule has 1 radical (unpaired) electrons. The standard InChI is InChI=1S/C19H16GeN.C11H8N.Ir/c1-20(2)17-11-4-3-8-14(17)15-9-7-10-16(19(15)20)18-12-5-6-13-21-18;1-2-6-10(7-3-1)11-8-4-5-9-12-11;/h3-9,11-13H,1-2H3;1-6,8-9H;/q2*-1;. The molecule has 0 saturated carbocycles. The average molecular weight is 677 g/mol. The molecule has 6 rings (SSSR count). The molecule has 169 valence electrons. The average Bonchev–Trinajstić information content (AvgIpc) is 3.13. The van der Waals surface area contributed by atoms with Gasteiger partial charge in [0.05, 0.1) is 0 Å². The van der Waals surface area contributed by atoms with E-state index >= 15 is 0 Å². The van der Waals surface area contributed by atoms with Gasteiger partial charge in [-0.25, -0.2) is 0 Å². The summed E-state index contributed by atoms with van der Waals surface area (Å²) in [6.45, 7) is 0. The minimum atomic E-state index is -2.26. The van der Waals surface area contributed by atoms with E-state index in [-0.39, 0.29) is 20.1 Å². The maximum absolute atomic E-state index is 4.55. The van der Waals surface area contributed by atoms with Crippen molar-refractivity contribution in [3.8, 4) is 33.6 Å². The van der Waals surface area contributed by atoms with Gasteiger partial charge in [-0.1, -0.05) is 12.1 Å². The maximum atomic E-state index is 4.55. The van der Waals surface area contributed by atoms with Gasteiger partial charge < -0.3 is 4.98 Å². The summed E-state index contributed by atoms with van der Waals surface area (Å²) < 4.78 is 3.10. The Labute approximate surface area is 217 Å². The van der Waals surface area contributed by atoms with E-state index in [9.17, 15) is 0 Å². The van der Waals surface area contributed by atoms with Crippen molar-refractivity contribution in [1.29, 1.82) is 0 Å². The molecular formula is C30H24GeIrN2-2. The fraction of sp³-hybridized carbons (Fsp3) is 0.0667. The topological polar surface area (TPSA) is 25.8 Å². The van der Waals surface area contributed by atoms with Crippen LogP contribution in [0.2, 0.25) is 11.5 Å². The summed E-state index contributed by atoms with van der Waals surface area (Å²) in [4.78, 5) is 8.77. The normalized spacial score (nSPS) is 12.4. The Morgan fingerprint density at radius 3 is 1.97 bits per heavy atom. The first-order valence-corrected chi connectivity index (χ1v) is 17.4. The molecule has 0 amide bonds. The Balaban J connectivity index is 0.000000180. The Morgan fingerprint density at radius 2 is 1.29 bits per heavy atom. The predicted octanol–water partition coefficient (Wildman–Crippen LogP) is 5.90. The van der Waals surface area contributed by atoms with E-state index in [0.29, 0.717) is 0 Å². The van der Waals surface area contributed by atoms with Crippen LogP contribution < -0.4 is 8.79 Å². The number of pyridine rings is 2. The number of nitrogens with zero attached hydrogens (tertiary/aromatic N) is 2. The second-order valence-electron chi connectivity index (χ2n) is 8.52. The molecule has 1 aliphatic rings. The van der Waals surface area contributed by atoms with E-state index in [1.165, 1.54) is 21.1 Å². The van der Waals surface area contributed by atoms with Gasteiger partial charge in [-0.2, -0.15) is 0 Å². The zero-order valence-corrected chi connectivity index (χ0v) is 23.6. The monoisotopic (exact) mass is 679 g/mol. The molecule has 34 heavy (non-hydrogen) atoms. The van der Waals surface area contributed by atoms with Crippen LogP contribution in [0.1, 0.15) is 0 Å². The molecule has 0 N–H and O–H groups in total. The third kappa shape index (κ3) is 4.69. The number of fused-ring (bicyclic) bond motifs is 3. The Kier molecular flexibility index (Phi) is 7.58. The van der Waals surface area contributed by atoms with E-state index in [0.717, 1.165) is 17.0 Å². The first kappa shape index (κ1) is 24.3. The molecule has 4 heteroatoms. The Morgan fingerprint density at radius 1 is 0.618 bits per heavy atom. The molecule has 2 aromatic heterocycles.